The van der Waals surface area contributed by atoms with E-state index in [0.717, 1.165) is 12.0 Å². The summed E-state index contributed by atoms with van der Waals surface area (Å²) in [5, 5.41) is 3.63. The molecule has 2 aromatic carbocycles. The number of fused-ring (bicyclic) bond motifs is 1. The van der Waals surface area contributed by atoms with Crippen LogP contribution in [-0.2, 0) is 6.54 Å². The lowest BCUT2D eigenvalue weighted by Gasteiger charge is -2.14. The number of nitrogens with two attached hydrogens (primary N) is 1. The van der Waals surface area contributed by atoms with Crippen molar-refractivity contribution in [2.75, 3.05) is 0 Å². The summed E-state index contributed by atoms with van der Waals surface area (Å²) in [5.74, 6) is -0.386. The van der Waals surface area contributed by atoms with E-state index in [1.165, 1.54) is 17.2 Å². The second kappa shape index (κ2) is 5.52. The average Bonchev–Trinajstić information content (AvgIpc) is 2.78. The third-order valence-electron chi connectivity index (χ3n) is 3.80. The van der Waals surface area contributed by atoms with Crippen LogP contribution in [0.1, 0.15) is 35.2 Å². The van der Waals surface area contributed by atoms with Crippen LogP contribution in [0.3, 0.4) is 0 Å². The zero-order valence-electron chi connectivity index (χ0n) is 10.9. The van der Waals surface area contributed by atoms with Gasteiger partial charge in [0.25, 0.3) is 0 Å². The zero-order valence-corrected chi connectivity index (χ0v) is 11.7. The van der Waals surface area contributed by atoms with Crippen LogP contribution in [0.4, 0.5) is 4.39 Å². The molecule has 20 heavy (non-hydrogen) atoms. The Morgan fingerprint density at radius 3 is 2.70 bits per heavy atom. The molecule has 0 aliphatic heterocycles. The first-order valence-corrected chi connectivity index (χ1v) is 7.04. The van der Waals surface area contributed by atoms with Gasteiger partial charge < -0.3 is 11.1 Å². The lowest BCUT2D eigenvalue weighted by Crippen LogP contribution is -2.19. The van der Waals surface area contributed by atoms with Gasteiger partial charge in [-0.1, -0.05) is 41.9 Å². The Morgan fingerprint density at radius 2 is 1.95 bits per heavy atom. The predicted molar refractivity (Wildman–Crippen MR) is 79.0 cm³/mol. The van der Waals surface area contributed by atoms with E-state index >= 15 is 0 Å². The van der Waals surface area contributed by atoms with Crippen molar-refractivity contribution in [2.24, 2.45) is 5.73 Å². The highest BCUT2D eigenvalue weighted by Crippen LogP contribution is 2.37. The van der Waals surface area contributed by atoms with Crippen LogP contribution in [0.25, 0.3) is 0 Å². The second-order valence-electron chi connectivity index (χ2n) is 5.15. The molecule has 0 aromatic heterocycles. The van der Waals surface area contributed by atoms with Gasteiger partial charge in [-0.25, -0.2) is 4.39 Å². The lowest BCUT2D eigenvalue weighted by molar-refractivity contribution is 0.498. The molecule has 2 unspecified atom stereocenters. The SMILES string of the molecule is NC1CC(NCc2ccc(F)c(Cl)c2)c2ccccc21. The Labute approximate surface area is 122 Å². The monoisotopic (exact) mass is 290 g/mol. The number of benzene rings is 2. The van der Waals surface area contributed by atoms with E-state index in [1.54, 1.807) is 12.1 Å². The average molecular weight is 291 g/mol. The molecular weight excluding hydrogens is 275 g/mol. The van der Waals surface area contributed by atoms with Crippen LogP contribution in [0.15, 0.2) is 42.5 Å². The molecule has 1 aliphatic rings. The molecule has 0 saturated carbocycles. The number of rotatable bonds is 3. The molecule has 4 heteroatoms. The maximum atomic E-state index is 13.1. The van der Waals surface area contributed by atoms with Crippen LogP contribution in [0.5, 0.6) is 0 Å². The molecule has 0 saturated heterocycles. The van der Waals surface area contributed by atoms with E-state index in [9.17, 15) is 4.39 Å². The van der Waals surface area contributed by atoms with Gasteiger partial charge in [0.2, 0.25) is 0 Å². The smallest absolute Gasteiger partial charge is 0.141 e. The quantitative estimate of drug-likeness (QED) is 0.904. The van der Waals surface area contributed by atoms with Crippen LogP contribution in [0, 0.1) is 5.82 Å². The van der Waals surface area contributed by atoms with Crippen molar-refractivity contribution in [3.63, 3.8) is 0 Å². The fourth-order valence-electron chi connectivity index (χ4n) is 2.76. The lowest BCUT2D eigenvalue weighted by atomic mass is 10.1. The van der Waals surface area contributed by atoms with Crippen molar-refractivity contribution in [3.05, 3.63) is 70.0 Å². The second-order valence-corrected chi connectivity index (χ2v) is 5.56. The normalized spacial score (nSPS) is 20.9. The van der Waals surface area contributed by atoms with Gasteiger partial charge in [0, 0.05) is 18.6 Å². The molecule has 0 spiro atoms. The van der Waals surface area contributed by atoms with Gasteiger partial charge in [-0.15, -0.1) is 0 Å². The minimum absolute atomic E-state index is 0.0838. The molecule has 0 fully saturated rings. The summed E-state index contributed by atoms with van der Waals surface area (Å²) in [6, 6.07) is 13.4. The van der Waals surface area contributed by atoms with E-state index in [0.29, 0.717) is 6.54 Å². The molecule has 0 bridgehead atoms. The van der Waals surface area contributed by atoms with E-state index in [4.69, 9.17) is 17.3 Å². The Hall–Kier alpha value is -1.42. The predicted octanol–water partition coefficient (Wildman–Crippen LogP) is 3.71. The maximum absolute atomic E-state index is 13.1. The first-order valence-electron chi connectivity index (χ1n) is 6.67. The van der Waals surface area contributed by atoms with E-state index in [1.807, 2.05) is 12.1 Å². The van der Waals surface area contributed by atoms with Gasteiger partial charge in [-0.2, -0.15) is 0 Å². The summed E-state index contributed by atoms with van der Waals surface area (Å²) in [6.45, 7) is 0.645. The molecule has 3 N–H and O–H groups in total. The summed E-state index contributed by atoms with van der Waals surface area (Å²) in [7, 11) is 0. The van der Waals surface area contributed by atoms with Gasteiger partial charge in [0.1, 0.15) is 5.82 Å². The van der Waals surface area contributed by atoms with Crippen molar-refractivity contribution in [3.8, 4) is 0 Å². The van der Waals surface area contributed by atoms with Gasteiger partial charge in [0.15, 0.2) is 0 Å². The highest BCUT2D eigenvalue weighted by molar-refractivity contribution is 6.30. The molecule has 0 heterocycles. The Morgan fingerprint density at radius 1 is 1.20 bits per heavy atom. The Bertz CT molecular complexity index is 630. The number of hydrogen-bond acceptors (Lipinski definition) is 2. The third kappa shape index (κ3) is 2.57. The minimum atomic E-state index is -0.386. The minimum Gasteiger partial charge on any atom is -0.324 e. The maximum Gasteiger partial charge on any atom is 0.141 e. The molecule has 1 aliphatic carbocycles. The molecule has 104 valence electrons. The summed E-state index contributed by atoms with van der Waals surface area (Å²) in [6.07, 6.45) is 0.883. The molecule has 0 amide bonds. The molecule has 3 rings (SSSR count). The molecule has 2 nitrogen and oxygen atoms in total. The van der Waals surface area contributed by atoms with Gasteiger partial charge >= 0.3 is 0 Å². The van der Waals surface area contributed by atoms with Crippen molar-refractivity contribution >= 4 is 11.6 Å². The van der Waals surface area contributed by atoms with Crippen LogP contribution in [-0.4, -0.2) is 0 Å². The van der Waals surface area contributed by atoms with Crippen LogP contribution >= 0.6 is 11.6 Å². The topological polar surface area (TPSA) is 38.0 Å². The van der Waals surface area contributed by atoms with E-state index < -0.39 is 0 Å². The van der Waals surface area contributed by atoms with Crippen LogP contribution < -0.4 is 11.1 Å². The first-order chi connectivity index (χ1) is 9.65. The highest BCUT2D eigenvalue weighted by atomic mass is 35.5. The van der Waals surface area contributed by atoms with Gasteiger partial charge in [0.05, 0.1) is 5.02 Å². The van der Waals surface area contributed by atoms with Crippen molar-refractivity contribution < 1.29 is 4.39 Å². The summed E-state index contributed by atoms with van der Waals surface area (Å²) in [4.78, 5) is 0. The number of nitrogens with one attached hydrogen (secondary N) is 1. The van der Waals surface area contributed by atoms with Gasteiger partial charge in [-0.3, -0.25) is 0 Å². The number of halogens is 2. The highest BCUT2D eigenvalue weighted by Gasteiger charge is 2.27. The van der Waals surface area contributed by atoms with Crippen molar-refractivity contribution in [1.29, 1.82) is 0 Å². The van der Waals surface area contributed by atoms with Gasteiger partial charge in [-0.05, 0) is 35.2 Å². The molecular formula is C16H16ClFN2. The standard InChI is InChI=1S/C16H16ClFN2/c17-13-7-10(5-6-14(13)18)9-20-16-8-15(19)11-3-1-2-4-12(11)16/h1-7,15-16,20H,8-9,19H2. The Balaban J connectivity index is 1.72. The van der Waals surface area contributed by atoms with E-state index in [2.05, 4.69) is 17.4 Å². The first kappa shape index (κ1) is 13.6. The van der Waals surface area contributed by atoms with Crippen molar-refractivity contribution in [1.82, 2.24) is 5.32 Å². The van der Waals surface area contributed by atoms with Crippen molar-refractivity contribution in [2.45, 2.75) is 25.0 Å². The fourth-order valence-corrected chi connectivity index (χ4v) is 2.96. The largest absolute Gasteiger partial charge is 0.324 e. The summed E-state index contributed by atoms with van der Waals surface area (Å²) < 4.78 is 13.1. The molecule has 2 aromatic rings. The Kier molecular flexibility index (Phi) is 3.74. The fraction of sp³-hybridized carbons (Fsp3) is 0.250. The summed E-state index contributed by atoms with van der Waals surface area (Å²) in [5.41, 5.74) is 9.57. The summed E-state index contributed by atoms with van der Waals surface area (Å²) >= 11 is 5.79. The third-order valence-corrected chi connectivity index (χ3v) is 4.09. The molecule has 2 atom stereocenters. The van der Waals surface area contributed by atoms with Crippen LogP contribution in [0.2, 0.25) is 5.02 Å². The number of hydrogen-bond donors (Lipinski definition) is 2. The zero-order chi connectivity index (χ0) is 14.1. The molecule has 0 radical (unpaired) electrons. The van der Waals surface area contributed by atoms with E-state index in [-0.39, 0.29) is 22.9 Å².